The molecule has 1 nitrogen and oxygen atoms in total. The van der Waals surface area contributed by atoms with Gasteiger partial charge in [-0.15, -0.1) is 0 Å². The van der Waals surface area contributed by atoms with Crippen molar-refractivity contribution in [3.63, 3.8) is 0 Å². The second kappa shape index (κ2) is 10.3. The first-order valence-electron chi connectivity index (χ1n) is 4.41. The molecule has 1 aliphatic rings. The predicted molar refractivity (Wildman–Crippen MR) is 54.9 cm³/mol. The largest absolute Gasteiger partial charge is 2.00 e. The molecule has 1 aliphatic heterocycles. The molecule has 0 aliphatic carbocycles. The maximum absolute atomic E-state index is 4.50. The van der Waals surface area contributed by atoms with Crippen LogP contribution in [0, 0.1) is 0 Å². The first-order valence-corrected chi connectivity index (χ1v) is 4.41. The van der Waals surface area contributed by atoms with Gasteiger partial charge in [0.2, 0.25) is 0 Å². The number of hydrogen-bond acceptors (Lipinski definition) is 1. The molecule has 0 N–H and O–H groups in total. The first-order chi connectivity index (χ1) is 6.50. The van der Waals surface area contributed by atoms with Gasteiger partial charge in [-0.3, -0.25) is 0 Å². The Kier molecular flexibility index (Phi) is 9.66. The van der Waals surface area contributed by atoms with E-state index >= 15 is 0 Å². The van der Waals surface area contributed by atoms with Gasteiger partial charge in [0.15, 0.2) is 0 Å². The van der Waals surface area contributed by atoms with E-state index in [1.807, 2.05) is 60.7 Å². The van der Waals surface area contributed by atoms with E-state index in [1.165, 1.54) is 0 Å². The molecule has 2 heteroatoms. The van der Waals surface area contributed by atoms with Crippen molar-refractivity contribution >= 4 is 0 Å². The van der Waals surface area contributed by atoms with Crippen molar-refractivity contribution in [3.05, 3.63) is 60.7 Å². The zero-order valence-corrected chi connectivity index (χ0v) is 9.05. The van der Waals surface area contributed by atoms with Crippen LogP contribution < -0.4 is 0 Å². The van der Waals surface area contributed by atoms with Gasteiger partial charge < -0.3 is 4.74 Å². The molecule has 0 unspecified atom stereocenters. The third-order valence-corrected chi connectivity index (χ3v) is 1.32. The van der Waals surface area contributed by atoms with E-state index < -0.39 is 0 Å². The van der Waals surface area contributed by atoms with E-state index in [2.05, 4.69) is 4.74 Å². The van der Waals surface area contributed by atoms with Gasteiger partial charge in [0.05, 0.1) is 13.2 Å². The number of hydrogen-bond donors (Lipinski definition) is 0. The number of ether oxygens (including phenoxy) is 1. The van der Waals surface area contributed by atoms with Crippen molar-refractivity contribution < 1.29 is 21.8 Å². The molecule has 76 valence electrons. The molecule has 1 fully saturated rings. The molecule has 14 heavy (non-hydrogen) atoms. The van der Waals surface area contributed by atoms with Gasteiger partial charge >= 0.3 is 17.1 Å². The second-order valence-electron chi connectivity index (χ2n) is 2.54. The molecule has 0 bridgehead atoms. The fourth-order valence-electron chi connectivity index (χ4n) is 0.642. The van der Waals surface area contributed by atoms with E-state index in [1.54, 1.807) is 0 Å². The van der Waals surface area contributed by atoms with E-state index in [0.29, 0.717) is 0 Å². The molecule has 2 aromatic rings. The van der Waals surface area contributed by atoms with Gasteiger partial charge in [-0.05, 0) is 0 Å². The molecule has 0 saturated carbocycles. The van der Waals surface area contributed by atoms with Gasteiger partial charge in [-0.25, -0.2) is 24.3 Å². The summed E-state index contributed by atoms with van der Waals surface area (Å²) >= 11 is 0. The molecule has 0 radical (unpaired) electrons. The minimum absolute atomic E-state index is 0. The molecular formula is C12H14FeO. The Morgan fingerprint density at radius 3 is 1.07 bits per heavy atom. The van der Waals surface area contributed by atoms with Crippen molar-refractivity contribution in [3.8, 4) is 0 Å². The zero-order chi connectivity index (χ0) is 9.19. The quantitative estimate of drug-likeness (QED) is 0.385. The summed E-state index contributed by atoms with van der Waals surface area (Å²) in [5, 5.41) is 0. The summed E-state index contributed by atoms with van der Waals surface area (Å²) in [5.41, 5.74) is 0. The monoisotopic (exact) mass is 230 g/mol. The van der Waals surface area contributed by atoms with Crippen LogP contribution in [0.2, 0.25) is 0 Å². The van der Waals surface area contributed by atoms with Crippen LogP contribution in [0.4, 0.5) is 0 Å². The molecule has 0 amide bonds. The van der Waals surface area contributed by atoms with E-state index in [-0.39, 0.29) is 17.1 Å². The molecule has 3 rings (SSSR count). The second-order valence-corrected chi connectivity index (χ2v) is 2.54. The Hall–Kier alpha value is -0.821. The molecule has 1 heterocycles. The summed E-state index contributed by atoms with van der Waals surface area (Å²) in [7, 11) is 0. The van der Waals surface area contributed by atoms with Crippen LogP contribution in [-0.2, 0) is 21.8 Å². The normalized spacial score (nSPS) is 10.9. The van der Waals surface area contributed by atoms with Crippen LogP contribution in [0.15, 0.2) is 60.7 Å². The van der Waals surface area contributed by atoms with Crippen LogP contribution in [0.3, 0.4) is 0 Å². The van der Waals surface area contributed by atoms with Gasteiger partial charge in [0.25, 0.3) is 0 Å². The third kappa shape index (κ3) is 11.2. The summed E-state index contributed by atoms with van der Waals surface area (Å²) in [6.07, 6.45) is 0. The summed E-state index contributed by atoms with van der Waals surface area (Å²) in [5.74, 6) is 0. The van der Waals surface area contributed by atoms with E-state index in [9.17, 15) is 0 Å². The van der Waals surface area contributed by atoms with Crippen molar-refractivity contribution in [1.29, 1.82) is 0 Å². The van der Waals surface area contributed by atoms with Crippen molar-refractivity contribution in [2.24, 2.45) is 0 Å². The van der Waals surface area contributed by atoms with Crippen LogP contribution in [-0.4, -0.2) is 13.2 Å². The zero-order valence-electron chi connectivity index (χ0n) is 7.95. The molecular weight excluding hydrogens is 216 g/mol. The minimum atomic E-state index is 0. The SMILES string of the molecule is C1CO1.[Fe+2].c1cc[cH-]c1.c1cc[cH-]c1. The van der Waals surface area contributed by atoms with Gasteiger partial charge in [0, 0.05) is 0 Å². The Bertz CT molecular complexity index is 182. The van der Waals surface area contributed by atoms with Gasteiger partial charge in [0.1, 0.15) is 0 Å². The molecule has 0 aromatic heterocycles. The van der Waals surface area contributed by atoms with Crippen molar-refractivity contribution in [1.82, 2.24) is 0 Å². The Balaban J connectivity index is 0.000000180. The average Bonchev–Trinajstić information content (AvgIpc) is 2.82. The standard InChI is InChI=1S/2C5H5.C2H4O.Fe/c2*1-2-4-5-3-1;1-2-3-1;/h2*1-5H;1-2H2;/q2*-1;;+2. The van der Waals surface area contributed by atoms with Crippen LogP contribution in [0.5, 0.6) is 0 Å². The summed E-state index contributed by atoms with van der Waals surface area (Å²) in [6.45, 7) is 2.00. The predicted octanol–water partition coefficient (Wildman–Crippen LogP) is 2.83. The summed E-state index contributed by atoms with van der Waals surface area (Å²) in [4.78, 5) is 0. The third-order valence-electron chi connectivity index (χ3n) is 1.32. The maximum atomic E-state index is 4.50. The van der Waals surface area contributed by atoms with Crippen molar-refractivity contribution in [2.75, 3.05) is 13.2 Å². The van der Waals surface area contributed by atoms with Gasteiger partial charge in [-0.1, -0.05) is 0 Å². The smallest absolute Gasteiger partial charge is 0.377 e. The number of rotatable bonds is 0. The maximum Gasteiger partial charge on any atom is 2.00 e. The number of epoxide rings is 1. The Morgan fingerprint density at radius 1 is 0.714 bits per heavy atom. The van der Waals surface area contributed by atoms with Crippen LogP contribution >= 0.6 is 0 Å². The average molecular weight is 230 g/mol. The van der Waals surface area contributed by atoms with Crippen molar-refractivity contribution in [2.45, 2.75) is 0 Å². The minimum Gasteiger partial charge on any atom is -0.377 e. The Morgan fingerprint density at radius 2 is 1.00 bits per heavy atom. The van der Waals surface area contributed by atoms with Crippen LogP contribution in [0.25, 0.3) is 0 Å². The molecule has 0 atom stereocenters. The van der Waals surface area contributed by atoms with Gasteiger partial charge in [-0.2, -0.15) is 36.4 Å². The summed E-state index contributed by atoms with van der Waals surface area (Å²) < 4.78 is 4.50. The Labute approximate surface area is 95.9 Å². The van der Waals surface area contributed by atoms with E-state index in [4.69, 9.17) is 0 Å². The molecule has 2 aromatic carbocycles. The first kappa shape index (κ1) is 13.2. The molecule has 1 saturated heterocycles. The topological polar surface area (TPSA) is 12.5 Å². The fourth-order valence-corrected chi connectivity index (χ4v) is 0.642. The summed E-state index contributed by atoms with van der Waals surface area (Å²) in [6, 6.07) is 20.0. The van der Waals surface area contributed by atoms with Crippen LogP contribution in [0.1, 0.15) is 0 Å². The van der Waals surface area contributed by atoms with E-state index in [0.717, 1.165) is 13.2 Å². The fraction of sp³-hybridized carbons (Fsp3) is 0.167. The molecule has 0 spiro atoms.